The second-order valence-electron chi connectivity index (χ2n) is 5.98. The highest BCUT2D eigenvalue weighted by Gasteiger charge is 2.14. The van der Waals surface area contributed by atoms with E-state index in [9.17, 15) is 0 Å². The van der Waals surface area contributed by atoms with Gasteiger partial charge in [0, 0.05) is 32.8 Å². The van der Waals surface area contributed by atoms with Crippen LogP contribution in [0.15, 0.2) is 0 Å². The first-order valence-electron chi connectivity index (χ1n) is 8.23. The molecule has 0 aliphatic heterocycles. The second-order valence-corrected chi connectivity index (χ2v) is 5.98. The molecule has 0 radical (unpaired) electrons. The third kappa shape index (κ3) is 7.58. The molecule has 1 aliphatic carbocycles. The van der Waals surface area contributed by atoms with Crippen molar-refractivity contribution in [3.63, 3.8) is 0 Å². The Bertz CT molecular complexity index is 221. The summed E-state index contributed by atoms with van der Waals surface area (Å²) in [6.07, 6.45) is 8.18. The molecule has 0 aromatic rings. The minimum Gasteiger partial charge on any atom is -0.383 e. The molecule has 1 fully saturated rings. The van der Waals surface area contributed by atoms with Gasteiger partial charge in [-0.25, -0.2) is 0 Å². The summed E-state index contributed by atoms with van der Waals surface area (Å²) in [6.45, 7) is 7.06. The summed E-state index contributed by atoms with van der Waals surface area (Å²) in [5, 5.41) is 3.71. The van der Waals surface area contributed by atoms with Crippen LogP contribution in [0.25, 0.3) is 0 Å². The van der Waals surface area contributed by atoms with Crippen LogP contribution < -0.4 is 5.32 Å². The molecule has 0 aromatic carbocycles. The van der Waals surface area contributed by atoms with E-state index in [0.29, 0.717) is 6.04 Å². The zero-order chi connectivity index (χ0) is 14.6. The number of rotatable bonds is 11. The van der Waals surface area contributed by atoms with E-state index in [4.69, 9.17) is 9.47 Å². The highest BCUT2D eigenvalue weighted by atomic mass is 16.5. The fourth-order valence-corrected chi connectivity index (χ4v) is 3.00. The van der Waals surface area contributed by atoms with Crippen molar-refractivity contribution in [1.82, 2.24) is 10.2 Å². The average molecular weight is 286 g/mol. The van der Waals surface area contributed by atoms with Gasteiger partial charge in [-0.1, -0.05) is 19.3 Å². The molecule has 0 aromatic heterocycles. The van der Waals surface area contributed by atoms with E-state index in [1.54, 1.807) is 14.2 Å². The second kappa shape index (κ2) is 11.5. The summed E-state index contributed by atoms with van der Waals surface area (Å²) in [5.74, 6) is 0. The lowest BCUT2D eigenvalue weighted by molar-refractivity contribution is 0.0742. The first-order chi connectivity index (χ1) is 9.77. The van der Waals surface area contributed by atoms with Gasteiger partial charge in [-0.15, -0.1) is 0 Å². The summed E-state index contributed by atoms with van der Waals surface area (Å²) in [5.41, 5.74) is 0. The molecule has 0 saturated heterocycles. The molecular weight excluding hydrogens is 252 g/mol. The van der Waals surface area contributed by atoms with E-state index < -0.39 is 0 Å². The quantitative estimate of drug-likeness (QED) is 0.591. The van der Waals surface area contributed by atoms with Crippen LogP contribution in [0, 0.1) is 0 Å². The monoisotopic (exact) mass is 286 g/mol. The summed E-state index contributed by atoms with van der Waals surface area (Å²) >= 11 is 0. The smallest absolute Gasteiger partial charge is 0.0615 e. The van der Waals surface area contributed by atoms with Gasteiger partial charge in [0.25, 0.3) is 0 Å². The van der Waals surface area contributed by atoms with Crippen molar-refractivity contribution in [2.24, 2.45) is 0 Å². The lowest BCUT2D eigenvalue weighted by Crippen LogP contribution is -2.40. The van der Waals surface area contributed by atoms with Gasteiger partial charge in [-0.05, 0) is 39.3 Å². The molecule has 1 N–H and O–H groups in total. The molecule has 1 saturated carbocycles. The van der Waals surface area contributed by atoms with Gasteiger partial charge in [-0.2, -0.15) is 0 Å². The van der Waals surface area contributed by atoms with Crippen LogP contribution in [-0.2, 0) is 9.47 Å². The third-order valence-electron chi connectivity index (χ3n) is 4.27. The molecule has 0 spiro atoms. The number of nitrogens with one attached hydrogen (secondary N) is 1. The normalized spacial score (nSPS) is 18.6. The van der Waals surface area contributed by atoms with Crippen LogP contribution in [-0.4, -0.2) is 64.1 Å². The molecule has 1 rings (SSSR count). The maximum absolute atomic E-state index is 5.27. The SMILES string of the molecule is COCCN(CCCNC1CCCCC1)C(C)COC. The summed E-state index contributed by atoms with van der Waals surface area (Å²) in [7, 11) is 3.54. The van der Waals surface area contributed by atoms with Crippen LogP contribution in [0.5, 0.6) is 0 Å². The summed E-state index contributed by atoms with van der Waals surface area (Å²) in [6, 6.07) is 1.23. The predicted octanol–water partition coefficient (Wildman–Crippen LogP) is 2.28. The summed E-state index contributed by atoms with van der Waals surface area (Å²) in [4.78, 5) is 2.47. The Morgan fingerprint density at radius 2 is 1.85 bits per heavy atom. The van der Waals surface area contributed by atoms with Crippen molar-refractivity contribution in [1.29, 1.82) is 0 Å². The predicted molar refractivity (Wildman–Crippen MR) is 84.3 cm³/mol. The number of methoxy groups -OCH3 is 2. The van der Waals surface area contributed by atoms with Crippen LogP contribution in [0.4, 0.5) is 0 Å². The molecule has 20 heavy (non-hydrogen) atoms. The van der Waals surface area contributed by atoms with Gasteiger partial charge in [0.1, 0.15) is 0 Å². The molecule has 4 heteroatoms. The average Bonchev–Trinajstić information content (AvgIpc) is 2.47. The lowest BCUT2D eigenvalue weighted by atomic mass is 9.95. The van der Waals surface area contributed by atoms with E-state index in [1.807, 2.05) is 0 Å². The largest absolute Gasteiger partial charge is 0.383 e. The Balaban J connectivity index is 2.15. The van der Waals surface area contributed by atoms with Gasteiger partial charge >= 0.3 is 0 Å². The van der Waals surface area contributed by atoms with E-state index in [1.165, 1.54) is 38.5 Å². The molecule has 1 aliphatic rings. The van der Waals surface area contributed by atoms with E-state index in [2.05, 4.69) is 17.1 Å². The van der Waals surface area contributed by atoms with Gasteiger partial charge in [0.2, 0.25) is 0 Å². The third-order valence-corrected chi connectivity index (χ3v) is 4.27. The fourth-order valence-electron chi connectivity index (χ4n) is 3.00. The molecule has 4 nitrogen and oxygen atoms in total. The number of hydrogen-bond donors (Lipinski definition) is 1. The zero-order valence-electron chi connectivity index (χ0n) is 13.7. The van der Waals surface area contributed by atoms with E-state index in [0.717, 1.165) is 38.9 Å². The molecule has 1 atom stereocenters. The molecular formula is C16H34N2O2. The summed E-state index contributed by atoms with van der Waals surface area (Å²) < 4.78 is 10.5. The number of hydrogen-bond acceptors (Lipinski definition) is 4. The minimum absolute atomic E-state index is 0.463. The van der Waals surface area contributed by atoms with Crippen LogP contribution in [0.1, 0.15) is 45.4 Å². The Hall–Kier alpha value is -0.160. The molecule has 1 unspecified atom stereocenters. The Labute approximate surface area is 125 Å². The molecule has 0 heterocycles. The van der Waals surface area contributed by atoms with Gasteiger partial charge in [0.15, 0.2) is 0 Å². The van der Waals surface area contributed by atoms with Crippen LogP contribution in [0.3, 0.4) is 0 Å². The zero-order valence-corrected chi connectivity index (χ0v) is 13.7. The van der Waals surface area contributed by atoms with Crippen molar-refractivity contribution >= 4 is 0 Å². The van der Waals surface area contributed by atoms with Gasteiger partial charge in [0.05, 0.1) is 13.2 Å². The Morgan fingerprint density at radius 1 is 1.10 bits per heavy atom. The van der Waals surface area contributed by atoms with Crippen LogP contribution in [0.2, 0.25) is 0 Å². The van der Waals surface area contributed by atoms with Crippen molar-refractivity contribution < 1.29 is 9.47 Å². The first kappa shape index (κ1) is 17.9. The highest BCUT2D eigenvalue weighted by Crippen LogP contribution is 2.17. The van der Waals surface area contributed by atoms with Crippen molar-refractivity contribution in [3.8, 4) is 0 Å². The van der Waals surface area contributed by atoms with Crippen LogP contribution >= 0.6 is 0 Å². The topological polar surface area (TPSA) is 33.7 Å². The van der Waals surface area contributed by atoms with E-state index in [-0.39, 0.29) is 0 Å². The maximum Gasteiger partial charge on any atom is 0.0615 e. The highest BCUT2D eigenvalue weighted by molar-refractivity contribution is 4.73. The number of nitrogens with zero attached hydrogens (tertiary/aromatic N) is 1. The molecule has 0 amide bonds. The fraction of sp³-hybridized carbons (Fsp3) is 1.00. The van der Waals surface area contributed by atoms with Crippen molar-refractivity contribution in [2.75, 3.05) is 47.1 Å². The lowest BCUT2D eigenvalue weighted by Gasteiger charge is -2.29. The van der Waals surface area contributed by atoms with Gasteiger partial charge < -0.3 is 14.8 Å². The van der Waals surface area contributed by atoms with Crippen molar-refractivity contribution in [2.45, 2.75) is 57.5 Å². The Kier molecular flexibility index (Phi) is 10.3. The maximum atomic E-state index is 5.27. The Morgan fingerprint density at radius 3 is 2.50 bits per heavy atom. The number of ether oxygens (including phenoxy) is 2. The first-order valence-corrected chi connectivity index (χ1v) is 8.23. The van der Waals surface area contributed by atoms with Gasteiger partial charge in [-0.3, -0.25) is 4.90 Å². The molecule has 0 bridgehead atoms. The standard InChI is InChI=1S/C16H34N2O2/c1-15(14-20-3)18(12-13-19-2)11-7-10-17-16-8-5-4-6-9-16/h15-17H,4-14H2,1-3H3. The van der Waals surface area contributed by atoms with E-state index >= 15 is 0 Å². The van der Waals surface area contributed by atoms with Crippen molar-refractivity contribution in [3.05, 3.63) is 0 Å². The minimum atomic E-state index is 0.463. The molecule has 120 valence electrons.